The van der Waals surface area contributed by atoms with E-state index < -0.39 is 0 Å². The van der Waals surface area contributed by atoms with Gasteiger partial charge in [0.25, 0.3) is 0 Å². The van der Waals surface area contributed by atoms with Crippen LogP contribution in [0.2, 0.25) is 0 Å². The molecule has 1 nitrogen and oxygen atoms in total. The average molecular weight is 215 g/mol. The minimum absolute atomic E-state index is 0.00685. The molecule has 0 fully saturated rings. The molecular weight excluding hydrogens is 203 g/mol. The van der Waals surface area contributed by atoms with Crippen LogP contribution in [0, 0.1) is 0 Å². The van der Waals surface area contributed by atoms with Gasteiger partial charge >= 0.3 is 8.46 Å². The van der Waals surface area contributed by atoms with Gasteiger partial charge < -0.3 is 0 Å². The number of hydrogen-bond acceptors (Lipinski definition) is 1. The zero-order valence-corrected chi connectivity index (χ0v) is 9.26. The van der Waals surface area contributed by atoms with Crippen LogP contribution in [0.5, 0.6) is 0 Å². The summed E-state index contributed by atoms with van der Waals surface area (Å²) in [4.78, 5) is 0. The minimum atomic E-state index is -0.346. The quantitative estimate of drug-likeness (QED) is 0.711. The fourth-order valence-electron chi connectivity index (χ4n) is 1.62. The second-order valence-corrected chi connectivity index (χ2v) is 4.19. The van der Waals surface area contributed by atoms with Gasteiger partial charge in [-0.25, -0.2) is 0 Å². The lowest BCUT2D eigenvalue weighted by atomic mass is 10.0. The van der Waals surface area contributed by atoms with Crippen LogP contribution in [0.4, 0.5) is 0 Å². The van der Waals surface area contributed by atoms with Gasteiger partial charge in [-0.2, -0.15) is 0 Å². The second-order valence-electron chi connectivity index (χ2n) is 3.37. The SMILES string of the molecule is O=[PH+]C(c1ccccc1)c1ccccc1. The Labute approximate surface area is 91.0 Å². The molecule has 2 aromatic rings. The van der Waals surface area contributed by atoms with Gasteiger partial charge in [-0.1, -0.05) is 65.2 Å². The first-order valence-corrected chi connectivity index (χ1v) is 5.88. The molecule has 1 atom stereocenters. The van der Waals surface area contributed by atoms with E-state index in [1.807, 2.05) is 60.7 Å². The van der Waals surface area contributed by atoms with Crippen LogP contribution in [0.15, 0.2) is 60.7 Å². The molecule has 0 heterocycles. The summed E-state index contributed by atoms with van der Waals surface area (Å²) in [5, 5.41) is 0. The largest absolute Gasteiger partial charge is 0.337 e. The molecule has 0 aliphatic rings. The van der Waals surface area contributed by atoms with Gasteiger partial charge in [0.2, 0.25) is 5.66 Å². The summed E-state index contributed by atoms with van der Waals surface area (Å²) in [6.07, 6.45) is 0. The lowest BCUT2D eigenvalue weighted by Crippen LogP contribution is -1.91. The maximum absolute atomic E-state index is 11.3. The first-order valence-electron chi connectivity index (χ1n) is 4.89. The molecule has 0 saturated carbocycles. The molecule has 74 valence electrons. The highest BCUT2D eigenvalue weighted by molar-refractivity contribution is 7.24. The van der Waals surface area contributed by atoms with E-state index in [2.05, 4.69) is 0 Å². The Bertz CT molecular complexity index is 385. The minimum Gasteiger partial charge on any atom is -0.0764 e. The Morgan fingerprint density at radius 2 is 1.13 bits per heavy atom. The highest BCUT2D eigenvalue weighted by Gasteiger charge is 2.20. The fourth-order valence-corrected chi connectivity index (χ4v) is 2.28. The van der Waals surface area contributed by atoms with Crippen molar-refractivity contribution in [2.75, 3.05) is 0 Å². The fraction of sp³-hybridized carbons (Fsp3) is 0.0769. The maximum Gasteiger partial charge on any atom is 0.337 e. The van der Waals surface area contributed by atoms with Crippen molar-refractivity contribution in [3.8, 4) is 0 Å². The maximum atomic E-state index is 11.3. The highest BCUT2D eigenvalue weighted by Crippen LogP contribution is 2.33. The predicted molar refractivity (Wildman–Crippen MR) is 63.7 cm³/mol. The third kappa shape index (κ3) is 2.31. The Kier molecular flexibility index (Phi) is 3.26. The molecule has 0 radical (unpaired) electrons. The van der Waals surface area contributed by atoms with Crippen LogP contribution in [0.3, 0.4) is 0 Å². The van der Waals surface area contributed by atoms with Crippen molar-refractivity contribution in [2.24, 2.45) is 0 Å². The van der Waals surface area contributed by atoms with E-state index >= 15 is 0 Å². The molecule has 0 saturated heterocycles. The standard InChI is InChI=1S/C13H11OP/c14-15-13(11-7-3-1-4-8-11)12-9-5-2-6-10-12/h1-10,13H/p+1. The van der Waals surface area contributed by atoms with E-state index in [4.69, 9.17) is 0 Å². The van der Waals surface area contributed by atoms with Crippen molar-refractivity contribution in [3.05, 3.63) is 71.8 Å². The summed E-state index contributed by atoms with van der Waals surface area (Å²) in [6, 6.07) is 19.9. The van der Waals surface area contributed by atoms with Crippen molar-refractivity contribution in [1.29, 1.82) is 0 Å². The summed E-state index contributed by atoms with van der Waals surface area (Å²) >= 11 is 0. The lowest BCUT2D eigenvalue weighted by Gasteiger charge is -2.03. The first kappa shape index (κ1) is 10.1. The second kappa shape index (κ2) is 4.86. The molecule has 0 aromatic heterocycles. The van der Waals surface area contributed by atoms with Crippen LogP contribution >= 0.6 is 8.46 Å². The molecule has 0 aliphatic heterocycles. The van der Waals surface area contributed by atoms with Crippen LogP contribution in [0.1, 0.15) is 16.8 Å². The molecule has 2 rings (SSSR count). The Hall–Kier alpha value is -1.46. The molecule has 2 aromatic carbocycles. The summed E-state index contributed by atoms with van der Waals surface area (Å²) < 4.78 is 11.3. The van der Waals surface area contributed by atoms with Crippen LogP contribution < -0.4 is 0 Å². The molecule has 2 heteroatoms. The molecule has 0 amide bonds. The molecule has 15 heavy (non-hydrogen) atoms. The highest BCUT2D eigenvalue weighted by atomic mass is 31.1. The Morgan fingerprint density at radius 1 is 0.733 bits per heavy atom. The predicted octanol–water partition coefficient (Wildman–Crippen LogP) is 3.80. The monoisotopic (exact) mass is 215 g/mol. The Morgan fingerprint density at radius 3 is 1.47 bits per heavy atom. The van der Waals surface area contributed by atoms with E-state index in [1.54, 1.807) is 0 Å². The van der Waals surface area contributed by atoms with E-state index in [0.29, 0.717) is 0 Å². The number of benzene rings is 2. The van der Waals surface area contributed by atoms with Crippen molar-refractivity contribution in [3.63, 3.8) is 0 Å². The summed E-state index contributed by atoms with van der Waals surface area (Å²) in [7, 11) is -0.346. The molecule has 0 aliphatic carbocycles. The molecule has 1 unspecified atom stereocenters. The van der Waals surface area contributed by atoms with Crippen molar-refractivity contribution < 1.29 is 4.57 Å². The zero-order valence-electron chi connectivity index (χ0n) is 8.26. The van der Waals surface area contributed by atoms with E-state index in [0.717, 1.165) is 11.1 Å². The van der Waals surface area contributed by atoms with Gasteiger partial charge in [0.1, 0.15) is 0 Å². The third-order valence-corrected chi connectivity index (χ3v) is 3.29. The van der Waals surface area contributed by atoms with Crippen LogP contribution in [0.25, 0.3) is 0 Å². The van der Waals surface area contributed by atoms with Gasteiger partial charge in [0.15, 0.2) is 0 Å². The molecule has 0 N–H and O–H groups in total. The summed E-state index contributed by atoms with van der Waals surface area (Å²) in [5.41, 5.74) is 2.22. The lowest BCUT2D eigenvalue weighted by molar-refractivity contribution is 0.595. The first-order chi connectivity index (χ1) is 7.42. The van der Waals surface area contributed by atoms with Gasteiger partial charge in [-0.3, -0.25) is 0 Å². The third-order valence-electron chi connectivity index (χ3n) is 2.38. The van der Waals surface area contributed by atoms with Crippen molar-refractivity contribution in [1.82, 2.24) is 0 Å². The molecule has 0 spiro atoms. The van der Waals surface area contributed by atoms with E-state index in [1.165, 1.54) is 0 Å². The average Bonchev–Trinajstić information content (AvgIpc) is 2.33. The van der Waals surface area contributed by atoms with Gasteiger partial charge in [-0.15, -0.1) is 0 Å². The van der Waals surface area contributed by atoms with E-state index in [-0.39, 0.29) is 14.1 Å². The Balaban J connectivity index is 2.38. The van der Waals surface area contributed by atoms with Crippen molar-refractivity contribution >= 4 is 8.46 Å². The zero-order chi connectivity index (χ0) is 10.5. The van der Waals surface area contributed by atoms with Gasteiger partial charge in [0.05, 0.1) is 0 Å². The van der Waals surface area contributed by atoms with Crippen LogP contribution in [-0.4, -0.2) is 0 Å². The molecular formula is C13H12OP+. The van der Waals surface area contributed by atoms with Gasteiger partial charge in [0, 0.05) is 11.1 Å². The normalized spacial score (nSPS) is 10.7. The van der Waals surface area contributed by atoms with E-state index in [9.17, 15) is 4.57 Å². The number of hydrogen-bond donors (Lipinski definition) is 0. The van der Waals surface area contributed by atoms with Crippen molar-refractivity contribution in [2.45, 2.75) is 5.66 Å². The van der Waals surface area contributed by atoms with Crippen LogP contribution in [-0.2, 0) is 4.57 Å². The van der Waals surface area contributed by atoms with Gasteiger partial charge in [-0.05, 0) is 0 Å². The topological polar surface area (TPSA) is 17.1 Å². The smallest absolute Gasteiger partial charge is 0.0764 e. The summed E-state index contributed by atoms with van der Waals surface area (Å²) in [5.74, 6) is 0. The molecule has 0 bridgehead atoms. The number of rotatable bonds is 3. The summed E-state index contributed by atoms with van der Waals surface area (Å²) in [6.45, 7) is 0.